The lowest BCUT2D eigenvalue weighted by atomic mass is 9.88. The van der Waals surface area contributed by atoms with Crippen LogP contribution in [0.5, 0.6) is 0 Å². The zero-order chi connectivity index (χ0) is 18.0. The number of nitrogens with zero attached hydrogens (tertiary/aromatic N) is 3. The summed E-state index contributed by atoms with van der Waals surface area (Å²) < 4.78 is 5.81. The summed E-state index contributed by atoms with van der Waals surface area (Å²) in [6, 6.07) is 10.7. The molecule has 1 aromatic heterocycles. The van der Waals surface area contributed by atoms with Gasteiger partial charge < -0.3 is 10.1 Å². The van der Waals surface area contributed by atoms with Crippen LogP contribution >= 0.6 is 0 Å². The van der Waals surface area contributed by atoms with Gasteiger partial charge in [-0.2, -0.15) is 0 Å². The van der Waals surface area contributed by atoms with Crippen LogP contribution in [0, 0.1) is 15.5 Å². The van der Waals surface area contributed by atoms with Gasteiger partial charge in [-0.15, -0.1) is 0 Å². The van der Waals surface area contributed by atoms with Gasteiger partial charge in [0.25, 0.3) is 5.69 Å². The average molecular weight is 340 g/mol. The van der Waals surface area contributed by atoms with Crippen LogP contribution in [0.1, 0.15) is 26.3 Å². The molecule has 1 atom stereocenters. The molecule has 0 amide bonds. The Morgan fingerprint density at radius 3 is 2.60 bits per heavy atom. The summed E-state index contributed by atoms with van der Waals surface area (Å²) in [5, 5.41) is 13.9. The van der Waals surface area contributed by atoms with Gasteiger partial charge >= 0.3 is 0 Å². The van der Waals surface area contributed by atoms with Crippen LogP contribution in [0.2, 0.25) is 0 Å². The summed E-state index contributed by atoms with van der Waals surface area (Å²) in [5.41, 5.74) is 1.62. The van der Waals surface area contributed by atoms with Crippen LogP contribution in [-0.4, -0.2) is 28.5 Å². The SMILES string of the molecule is CC(C)(C)[C@H]1COC(c2ccccc2Nc2ccc([N+](=O)[O-])cn2)=N1. The normalized spacial score (nSPS) is 16.9. The molecule has 0 radical (unpaired) electrons. The summed E-state index contributed by atoms with van der Waals surface area (Å²) in [4.78, 5) is 19.0. The summed E-state index contributed by atoms with van der Waals surface area (Å²) >= 11 is 0. The molecule has 1 aliphatic heterocycles. The molecule has 2 heterocycles. The van der Waals surface area contributed by atoms with Gasteiger partial charge in [-0.25, -0.2) is 9.98 Å². The van der Waals surface area contributed by atoms with Gasteiger partial charge in [-0.3, -0.25) is 10.1 Å². The second-order valence-corrected chi connectivity index (χ2v) is 6.96. The van der Waals surface area contributed by atoms with Gasteiger partial charge in [0, 0.05) is 6.07 Å². The van der Waals surface area contributed by atoms with Gasteiger partial charge in [0.2, 0.25) is 5.90 Å². The van der Waals surface area contributed by atoms with Crippen molar-refractivity contribution in [3.05, 3.63) is 58.3 Å². The van der Waals surface area contributed by atoms with E-state index in [-0.39, 0.29) is 17.1 Å². The third-order valence-electron chi connectivity index (χ3n) is 4.03. The molecule has 0 saturated carbocycles. The van der Waals surface area contributed by atoms with Crippen molar-refractivity contribution in [2.24, 2.45) is 10.4 Å². The standard InChI is InChI=1S/C18H20N4O3/c1-18(2,3)15-11-25-17(21-15)13-6-4-5-7-14(13)20-16-9-8-12(10-19-16)22(23)24/h4-10,15H,11H2,1-3H3,(H,19,20)/t15-/m1/s1. The molecule has 1 N–H and O–H groups in total. The zero-order valence-corrected chi connectivity index (χ0v) is 14.4. The number of nitro groups is 1. The molecule has 130 valence electrons. The average Bonchev–Trinajstić information content (AvgIpc) is 3.06. The van der Waals surface area contributed by atoms with E-state index < -0.39 is 4.92 Å². The van der Waals surface area contributed by atoms with E-state index in [1.54, 1.807) is 6.07 Å². The van der Waals surface area contributed by atoms with Crippen LogP contribution in [0.15, 0.2) is 47.6 Å². The lowest BCUT2D eigenvalue weighted by Crippen LogP contribution is -2.25. The highest BCUT2D eigenvalue weighted by Crippen LogP contribution is 2.30. The molecule has 0 unspecified atom stereocenters. The Morgan fingerprint density at radius 2 is 2.00 bits per heavy atom. The van der Waals surface area contributed by atoms with Crippen molar-refractivity contribution in [2.45, 2.75) is 26.8 Å². The second kappa shape index (κ2) is 6.51. The van der Waals surface area contributed by atoms with E-state index >= 15 is 0 Å². The van der Waals surface area contributed by atoms with Gasteiger partial charge in [-0.05, 0) is 23.6 Å². The Morgan fingerprint density at radius 1 is 1.24 bits per heavy atom. The third kappa shape index (κ3) is 3.76. The first-order valence-electron chi connectivity index (χ1n) is 8.02. The largest absolute Gasteiger partial charge is 0.475 e. The fourth-order valence-corrected chi connectivity index (χ4v) is 2.45. The zero-order valence-electron chi connectivity index (χ0n) is 14.4. The predicted octanol–water partition coefficient (Wildman–Crippen LogP) is 3.92. The molecule has 1 aromatic carbocycles. The van der Waals surface area contributed by atoms with E-state index in [4.69, 9.17) is 9.73 Å². The van der Waals surface area contributed by atoms with Crippen LogP contribution in [0.4, 0.5) is 17.2 Å². The van der Waals surface area contributed by atoms with Crippen molar-refractivity contribution in [1.29, 1.82) is 0 Å². The number of nitrogens with one attached hydrogen (secondary N) is 1. The summed E-state index contributed by atoms with van der Waals surface area (Å²) in [6.45, 7) is 6.97. The molecule has 0 fully saturated rings. The minimum Gasteiger partial charge on any atom is -0.475 e. The number of para-hydroxylation sites is 1. The quantitative estimate of drug-likeness (QED) is 0.673. The van der Waals surface area contributed by atoms with Crippen LogP contribution in [0.25, 0.3) is 0 Å². The number of hydrogen-bond acceptors (Lipinski definition) is 6. The molecule has 7 nitrogen and oxygen atoms in total. The predicted molar refractivity (Wildman–Crippen MR) is 96.3 cm³/mol. The number of hydrogen-bond donors (Lipinski definition) is 1. The van der Waals surface area contributed by atoms with E-state index in [0.717, 1.165) is 11.3 Å². The fourth-order valence-electron chi connectivity index (χ4n) is 2.45. The lowest BCUT2D eigenvalue weighted by molar-refractivity contribution is -0.385. The molecule has 3 rings (SSSR count). The Bertz CT molecular complexity index is 810. The van der Waals surface area contributed by atoms with Crippen molar-refractivity contribution in [1.82, 2.24) is 4.98 Å². The Hall–Kier alpha value is -2.96. The maximum atomic E-state index is 10.7. The molecule has 0 spiro atoms. The third-order valence-corrected chi connectivity index (χ3v) is 4.03. The molecular formula is C18H20N4O3. The van der Waals surface area contributed by atoms with E-state index in [2.05, 4.69) is 31.1 Å². The molecule has 0 aliphatic carbocycles. The number of aliphatic imine (C=N–C) groups is 1. The fraction of sp³-hybridized carbons (Fsp3) is 0.333. The van der Waals surface area contributed by atoms with Crippen molar-refractivity contribution in [3.63, 3.8) is 0 Å². The topological polar surface area (TPSA) is 89.6 Å². The second-order valence-electron chi connectivity index (χ2n) is 6.96. The number of benzene rings is 1. The van der Waals surface area contributed by atoms with E-state index in [1.165, 1.54) is 12.3 Å². The van der Waals surface area contributed by atoms with Crippen LogP contribution in [0.3, 0.4) is 0 Å². The summed E-state index contributed by atoms with van der Waals surface area (Å²) in [7, 11) is 0. The molecule has 2 aromatic rings. The molecule has 0 saturated heterocycles. The Balaban J connectivity index is 1.86. The van der Waals surface area contributed by atoms with Gasteiger partial charge in [-0.1, -0.05) is 32.9 Å². The molecule has 25 heavy (non-hydrogen) atoms. The maximum Gasteiger partial charge on any atom is 0.287 e. The van der Waals surface area contributed by atoms with Crippen molar-refractivity contribution in [2.75, 3.05) is 11.9 Å². The number of ether oxygens (including phenoxy) is 1. The number of anilines is 2. The molecule has 7 heteroatoms. The van der Waals surface area contributed by atoms with Gasteiger partial charge in [0.1, 0.15) is 18.6 Å². The minimum absolute atomic E-state index is 0.0318. The van der Waals surface area contributed by atoms with Gasteiger partial charge in [0.15, 0.2) is 0 Å². The van der Waals surface area contributed by atoms with Crippen LogP contribution < -0.4 is 5.32 Å². The summed E-state index contributed by atoms with van der Waals surface area (Å²) in [5.74, 6) is 1.12. The Labute approximate surface area is 145 Å². The lowest BCUT2D eigenvalue weighted by Gasteiger charge is -2.21. The monoisotopic (exact) mass is 340 g/mol. The molecule has 1 aliphatic rings. The van der Waals surface area contributed by atoms with E-state index in [1.807, 2.05) is 24.3 Å². The Kier molecular flexibility index (Phi) is 4.39. The first-order valence-corrected chi connectivity index (χ1v) is 8.02. The molecular weight excluding hydrogens is 320 g/mol. The van der Waals surface area contributed by atoms with Crippen molar-refractivity contribution >= 4 is 23.1 Å². The highest BCUT2D eigenvalue weighted by Gasteiger charge is 2.31. The first kappa shape index (κ1) is 16.9. The highest BCUT2D eigenvalue weighted by atomic mass is 16.6. The van der Waals surface area contributed by atoms with E-state index in [0.29, 0.717) is 18.3 Å². The maximum absolute atomic E-state index is 10.7. The number of aromatic nitrogens is 1. The number of pyridine rings is 1. The number of rotatable bonds is 4. The summed E-state index contributed by atoms with van der Waals surface area (Å²) in [6.07, 6.45) is 1.23. The van der Waals surface area contributed by atoms with Crippen molar-refractivity contribution in [3.8, 4) is 0 Å². The highest BCUT2D eigenvalue weighted by molar-refractivity contribution is 6.01. The van der Waals surface area contributed by atoms with Crippen LogP contribution in [-0.2, 0) is 4.74 Å². The smallest absolute Gasteiger partial charge is 0.287 e. The van der Waals surface area contributed by atoms with Gasteiger partial charge in [0.05, 0.1) is 22.2 Å². The molecule has 0 bridgehead atoms. The van der Waals surface area contributed by atoms with E-state index in [9.17, 15) is 10.1 Å². The minimum atomic E-state index is -0.474. The first-order chi connectivity index (χ1) is 11.8. The van der Waals surface area contributed by atoms with Crippen molar-refractivity contribution < 1.29 is 9.66 Å².